The van der Waals surface area contributed by atoms with Gasteiger partial charge in [-0.2, -0.15) is 0 Å². The lowest BCUT2D eigenvalue weighted by Gasteiger charge is -2.19. The highest BCUT2D eigenvalue weighted by molar-refractivity contribution is 8.14. The maximum absolute atomic E-state index is 10.6. The molecule has 18 heavy (non-hydrogen) atoms. The molecule has 2 unspecified atom stereocenters. The number of thioether (sulfide) groups is 1. The number of aliphatic imine (C=N–C) groups is 1. The summed E-state index contributed by atoms with van der Waals surface area (Å²) in [5.41, 5.74) is 0. The third kappa shape index (κ3) is 3.88. The smallest absolute Gasteiger partial charge is 0.304 e. The Balaban J connectivity index is 1.81. The van der Waals surface area contributed by atoms with E-state index in [4.69, 9.17) is 5.11 Å². The van der Waals surface area contributed by atoms with Gasteiger partial charge in [-0.15, -0.1) is 0 Å². The van der Waals surface area contributed by atoms with Crippen molar-refractivity contribution in [3.05, 3.63) is 0 Å². The predicted octanol–water partition coefficient (Wildman–Crippen LogP) is 1.42. The lowest BCUT2D eigenvalue weighted by atomic mass is 9.89. The minimum atomic E-state index is -0.887. The zero-order chi connectivity index (χ0) is 13.0. The van der Waals surface area contributed by atoms with E-state index in [-0.39, 0.29) is 11.7 Å². The van der Waals surface area contributed by atoms with Crippen LogP contribution in [0.3, 0.4) is 0 Å². The van der Waals surface area contributed by atoms with Crippen LogP contribution in [0.5, 0.6) is 0 Å². The first kappa shape index (κ1) is 13.7. The van der Waals surface area contributed by atoms with E-state index in [0.717, 1.165) is 6.54 Å². The Morgan fingerprint density at radius 1 is 1.39 bits per heavy atom. The number of hydrogen-bond donors (Lipinski definition) is 3. The van der Waals surface area contributed by atoms with Gasteiger partial charge in [0.05, 0.1) is 11.7 Å². The number of hydrogen-bond acceptors (Lipinski definition) is 4. The lowest BCUT2D eigenvalue weighted by molar-refractivity contribution is -0.137. The third-order valence-electron chi connectivity index (χ3n) is 3.48. The molecule has 2 rings (SSSR count). The van der Waals surface area contributed by atoms with Crippen molar-refractivity contribution in [3.8, 4) is 0 Å². The summed E-state index contributed by atoms with van der Waals surface area (Å²) in [6.45, 7) is 0.793. The summed E-state index contributed by atoms with van der Waals surface area (Å²) in [6, 6.07) is 0. The standard InChI is InChI=1S/C12H20N2O3S/c15-10(16)6-9-11(17)14-12(18-9)13-7-8-4-2-1-3-5-8/h8-9,11,17H,1-7H2,(H,13,14)(H,15,16). The van der Waals surface area contributed by atoms with Gasteiger partial charge in [0.15, 0.2) is 5.17 Å². The van der Waals surface area contributed by atoms with Crippen molar-refractivity contribution in [1.82, 2.24) is 5.32 Å². The predicted molar refractivity (Wildman–Crippen MR) is 71.7 cm³/mol. The average Bonchev–Trinajstić information content (AvgIpc) is 2.68. The van der Waals surface area contributed by atoms with Crippen molar-refractivity contribution < 1.29 is 15.0 Å². The first-order valence-corrected chi connectivity index (χ1v) is 7.40. The summed E-state index contributed by atoms with van der Waals surface area (Å²) in [6.07, 6.45) is 5.56. The molecule has 1 aliphatic carbocycles. The second kappa shape index (κ2) is 6.43. The molecule has 0 aromatic heterocycles. The second-order valence-electron chi connectivity index (χ2n) is 4.99. The van der Waals surface area contributed by atoms with Crippen LogP contribution in [-0.2, 0) is 4.79 Å². The minimum absolute atomic E-state index is 0.0404. The fraction of sp³-hybridized carbons (Fsp3) is 0.833. The van der Waals surface area contributed by atoms with Crippen molar-refractivity contribution >= 4 is 22.9 Å². The molecule has 1 saturated carbocycles. The van der Waals surface area contributed by atoms with Gasteiger partial charge in [0.1, 0.15) is 6.23 Å². The van der Waals surface area contributed by atoms with Gasteiger partial charge in [-0.3, -0.25) is 9.79 Å². The Hall–Kier alpha value is -0.750. The molecule has 102 valence electrons. The maximum atomic E-state index is 10.6. The molecule has 2 atom stereocenters. The summed E-state index contributed by atoms with van der Waals surface area (Å²) in [5, 5.41) is 21.6. The van der Waals surface area contributed by atoms with E-state index in [2.05, 4.69) is 10.3 Å². The summed E-state index contributed by atoms with van der Waals surface area (Å²) < 4.78 is 0. The molecule has 1 saturated heterocycles. The van der Waals surface area contributed by atoms with Gasteiger partial charge in [0.2, 0.25) is 0 Å². The number of aliphatic hydroxyl groups excluding tert-OH is 1. The van der Waals surface area contributed by atoms with Crippen molar-refractivity contribution in [2.75, 3.05) is 6.54 Å². The molecule has 1 aliphatic heterocycles. The van der Waals surface area contributed by atoms with E-state index < -0.39 is 12.2 Å². The number of carboxylic acid groups (broad SMARTS) is 1. The van der Waals surface area contributed by atoms with Crippen LogP contribution in [0.15, 0.2) is 4.99 Å². The zero-order valence-corrected chi connectivity index (χ0v) is 11.2. The number of carbonyl (C=O) groups is 1. The van der Waals surface area contributed by atoms with E-state index in [1.165, 1.54) is 43.9 Å². The molecule has 2 aliphatic rings. The number of aliphatic carboxylic acids is 1. The van der Waals surface area contributed by atoms with Gasteiger partial charge in [-0.25, -0.2) is 0 Å². The molecule has 3 N–H and O–H groups in total. The number of carboxylic acids is 1. The zero-order valence-electron chi connectivity index (χ0n) is 10.3. The Kier molecular flexibility index (Phi) is 4.88. The van der Waals surface area contributed by atoms with Gasteiger partial charge >= 0.3 is 5.97 Å². The quantitative estimate of drug-likeness (QED) is 0.721. The van der Waals surface area contributed by atoms with Crippen LogP contribution in [0.1, 0.15) is 38.5 Å². The van der Waals surface area contributed by atoms with Crippen molar-refractivity contribution in [1.29, 1.82) is 0 Å². The molecule has 5 nitrogen and oxygen atoms in total. The number of amidine groups is 1. The van der Waals surface area contributed by atoms with Crippen LogP contribution in [0.25, 0.3) is 0 Å². The van der Waals surface area contributed by atoms with Gasteiger partial charge < -0.3 is 15.5 Å². The molecule has 0 aromatic rings. The van der Waals surface area contributed by atoms with Crippen LogP contribution in [0, 0.1) is 5.92 Å². The lowest BCUT2D eigenvalue weighted by Crippen LogP contribution is -2.32. The van der Waals surface area contributed by atoms with E-state index >= 15 is 0 Å². The summed E-state index contributed by atoms with van der Waals surface area (Å²) in [7, 11) is 0. The number of aliphatic hydroxyl groups is 1. The number of nitrogens with one attached hydrogen (secondary N) is 1. The van der Waals surface area contributed by atoms with Crippen LogP contribution in [0.2, 0.25) is 0 Å². The molecule has 0 spiro atoms. The van der Waals surface area contributed by atoms with Gasteiger partial charge in [-0.05, 0) is 18.8 Å². The topological polar surface area (TPSA) is 81.9 Å². The molecule has 0 aromatic carbocycles. The summed E-state index contributed by atoms with van der Waals surface area (Å²) >= 11 is 1.34. The Morgan fingerprint density at radius 3 is 2.78 bits per heavy atom. The van der Waals surface area contributed by atoms with Gasteiger partial charge in [-0.1, -0.05) is 31.0 Å². The fourth-order valence-corrected chi connectivity index (χ4v) is 3.50. The first-order valence-electron chi connectivity index (χ1n) is 6.52. The normalized spacial score (nSPS) is 31.5. The minimum Gasteiger partial charge on any atom is -0.481 e. The monoisotopic (exact) mass is 272 g/mol. The molecule has 0 radical (unpaired) electrons. The first-order chi connectivity index (χ1) is 8.65. The van der Waals surface area contributed by atoms with E-state index in [9.17, 15) is 9.90 Å². The molecule has 0 amide bonds. The van der Waals surface area contributed by atoms with Crippen LogP contribution in [0.4, 0.5) is 0 Å². The van der Waals surface area contributed by atoms with E-state index in [1.54, 1.807) is 0 Å². The highest BCUT2D eigenvalue weighted by Gasteiger charge is 2.32. The second-order valence-corrected chi connectivity index (χ2v) is 6.22. The molecular weight excluding hydrogens is 252 g/mol. The number of nitrogens with zero attached hydrogens (tertiary/aromatic N) is 1. The largest absolute Gasteiger partial charge is 0.481 e. The van der Waals surface area contributed by atoms with E-state index in [1.807, 2.05) is 0 Å². The van der Waals surface area contributed by atoms with Crippen molar-refractivity contribution in [2.45, 2.75) is 50.0 Å². The highest BCUT2D eigenvalue weighted by atomic mass is 32.2. The van der Waals surface area contributed by atoms with Crippen molar-refractivity contribution in [2.24, 2.45) is 10.9 Å². The Labute approximate surface area is 111 Å². The van der Waals surface area contributed by atoms with E-state index in [0.29, 0.717) is 11.1 Å². The van der Waals surface area contributed by atoms with Crippen LogP contribution >= 0.6 is 11.8 Å². The summed E-state index contributed by atoms with van der Waals surface area (Å²) in [5.74, 6) is -0.230. The Bertz CT molecular complexity index is 329. The number of rotatable bonds is 4. The van der Waals surface area contributed by atoms with Crippen LogP contribution < -0.4 is 5.32 Å². The SMILES string of the molecule is O=C(O)CC1SC(=NCC2CCCCC2)NC1O. The summed E-state index contributed by atoms with van der Waals surface area (Å²) in [4.78, 5) is 15.1. The van der Waals surface area contributed by atoms with Crippen molar-refractivity contribution in [3.63, 3.8) is 0 Å². The Morgan fingerprint density at radius 2 is 2.11 bits per heavy atom. The average molecular weight is 272 g/mol. The fourth-order valence-electron chi connectivity index (χ4n) is 2.45. The van der Waals surface area contributed by atoms with Crippen LogP contribution in [-0.4, -0.2) is 39.4 Å². The maximum Gasteiger partial charge on any atom is 0.304 e. The molecular formula is C12H20N2O3S. The highest BCUT2D eigenvalue weighted by Crippen LogP contribution is 2.27. The molecule has 0 bridgehead atoms. The van der Waals surface area contributed by atoms with Gasteiger partial charge in [0, 0.05) is 6.54 Å². The molecule has 2 fully saturated rings. The molecule has 6 heteroatoms. The van der Waals surface area contributed by atoms with Gasteiger partial charge in [0.25, 0.3) is 0 Å². The third-order valence-corrected chi connectivity index (χ3v) is 4.68. The molecule has 1 heterocycles.